The lowest BCUT2D eigenvalue weighted by Gasteiger charge is -2.38. The van der Waals surface area contributed by atoms with E-state index in [4.69, 9.17) is 0 Å². The topological polar surface area (TPSA) is 62.3 Å². The maximum Gasteiger partial charge on any atom is 0.253 e. The van der Waals surface area contributed by atoms with Crippen molar-refractivity contribution in [2.24, 2.45) is 11.8 Å². The molecule has 1 aromatic carbocycles. The maximum atomic E-state index is 12.7. The van der Waals surface area contributed by atoms with Gasteiger partial charge in [-0.15, -0.1) is 0 Å². The molecule has 3 rings (SSSR count). The smallest absolute Gasteiger partial charge is 0.253 e. The number of aromatic nitrogens is 1. The summed E-state index contributed by atoms with van der Waals surface area (Å²) in [6.07, 6.45) is 5.85. The minimum Gasteiger partial charge on any atom is -0.352 e. The third kappa shape index (κ3) is 5.16. The van der Waals surface area contributed by atoms with Crippen molar-refractivity contribution < 1.29 is 9.59 Å². The summed E-state index contributed by atoms with van der Waals surface area (Å²) in [6.45, 7) is 4.09. The Balaban J connectivity index is 1.52. The molecule has 0 saturated carbocycles. The number of hydrogen-bond acceptors (Lipinski definition) is 3. The molecule has 1 aliphatic heterocycles. The Morgan fingerprint density at radius 2 is 1.96 bits per heavy atom. The van der Waals surface area contributed by atoms with Crippen molar-refractivity contribution in [3.05, 3.63) is 66.0 Å². The van der Waals surface area contributed by atoms with E-state index >= 15 is 0 Å². The molecular formula is C22H27N3O2. The average molecular weight is 365 g/mol. The molecular weight excluding hydrogens is 338 g/mol. The number of piperidine rings is 1. The minimum atomic E-state index is 0.0742. The molecule has 2 unspecified atom stereocenters. The van der Waals surface area contributed by atoms with Crippen LogP contribution in [0.2, 0.25) is 0 Å². The third-order valence-electron chi connectivity index (χ3n) is 5.38. The molecule has 0 radical (unpaired) electrons. The Morgan fingerprint density at radius 3 is 2.67 bits per heavy atom. The highest BCUT2D eigenvalue weighted by atomic mass is 16.2. The molecule has 5 nitrogen and oxygen atoms in total. The van der Waals surface area contributed by atoms with E-state index < -0.39 is 0 Å². The molecule has 0 bridgehead atoms. The van der Waals surface area contributed by atoms with Crippen LogP contribution in [-0.4, -0.2) is 34.8 Å². The summed E-state index contributed by atoms with van der Waals surface area (Å²) >= 11 is 0. The molecule has 5 heteroatoms. The molecule has 0 aliphatic carbocycles. The third-order valence-corrected chi connectivity index (χ3v) is 5.38. The number of nitrogens with one attached hydrogen (secondary N) is 1. The number of pyridine rings is 1. The Kier molecular flexibility index (Phi) is 6.58. The lowest BCUT2D eigenvalue weighted by atomic mass is 9.81. The summed E-state index contributed by atoms with van der Waals surface area (Å²) in [5.41, 5.74) is 1.74. The van der Waals surface area contributed by atoms with E-state index in [1.807, 2.05) is 47.4 Å². The number of hydrogen-bond donors (Lipinski definition) is 1. The fourth-order valence-corrected chi connectivity index (χ4v) is 3.77. The molecule has 2 aromatic rings. The molecule has 27 heavy (non-hydrogen) atoms. The molecule has 1 fully saturated rings. The molecule has 2 atom stereocenters. The zero-order valence-corrected chi connectivity index (χ0v) is 15.8. The zero-order valence-electron chi connectivity index (χ0n) is 15.8. The van der Waals surface area contributed by atoms with Crippen molar-refractivity contribution in [1.29, 1.82) is 0 Å². The Bertz CT molecular complexity index is 749. The minimum absolute atomic E-state index is 0.0742. The Morgan fingerprint density at radius 1 is 1.15 bits per heavy atom. The van der Waals surface area contributed by atoms with Crippen molar-refractivity contribution in [2.45, 2.75) is 32.7 Å². The van der Waals surface area contributed by atoms with E-state index in [0.717, 1.165) is 30.5 Å². The lowest BCUT2D eigenvalue weighted by Crippen LogP contribution is -2.44. The van der Waals surface area contributed by atoms with E-state index in [0.29, 0.717) is 31.3 Å². The Hall–Kier alpha value is -2.69. The number of amides is 2. The second-order valence-electron chi connectivity index (χ2n) is 7.18. The van der Waals surface area contributed by atoms with Crippen LogP contribution < -0.4 is 5.32 Å². The molecule has 0 spiro atoms. The van der Waals surface area contributed by atoms with Crippen LogP contribution in [0, 0.1) is 11.8 Å². The zero-order chi connectivity index (χ0) is 19.1. The molecule has 1 aliphatic rings. The van der Waals surface area contributed by atoms with Crippen molar-refractivity contribution in [3.8, 4) is 0 Å². The van der Waals surface area contributed by atoms with E-state index in [1.165, 1.54) is 0 Å². The van der Waals surface area contributed by atoms with Crippen LogP contribution in [0.25, 0.3) is 0 Å². The second kappa shape index (κ2) is 9.31. The first-order valence-corrected chi connectivity index (χ1v) is 9.67. The van der Waals surface area contributed by atoms with Crippen LogP contribution in [0.3, 0.4) is 0 Å². The fraction of sp³-hybridized carbons (Fsp3) is 0.409. The molecule has 1 N–H and O–H groups in total. The van der Waals surface area contributed by atoms with Crippen molar-refractivity contribution in [1.82, 2.24) is 15.2 Å². The second-order valence-corrected chi connectivity index (χ2v) is 7.18. The van der Waals surface area contributed by atoms with Crippen LogP contribution in [0.15, 0.2) is 54.9 Å². The number of carbonyl (C=O) groups is 2. The van der Waals surface area contributed by atoms with Crippen LogP contribution in [0.4, 0.5) is 0 Å². The number of likely N-dealkylation sites (tertiary alicyclic amines) is 1. The van der Waals surface area contributed by atoms with Gasteiger partial charge in [0.25, 0.3) is 5.91 Å². The molecule has 1 aromatic heterocycles. The lowest BCUT2D eigenvalue weighted by molar-refractivity contribution is -0.123. The van der Waals surface area contributed by atoms with Crippen LogP contribution in [0.1, 0.15) is 42.1 Å². The fourth-order valence-electron chi connectivity index (χ4n) is 3.77. The first-order chi connectivity index (χ1) is 13.2. The van der Waals surface area contributed by atoms with E-state index in [9.17, 15) is 9.59 Å². The van der Waals surface area contributed by atoms with Gasteiger partial charge in [-0.05, 0) is 42.0 Å². The number of benzene rings is 1. The summed E-state index contributed by atoms with van der Waals surface area (Å²) in [6, 6.07) is 13.3. The van der Waals surface area contributed by atoms with Gasteiger partial charge in [0.15, 0.2) is 0 Å². The summed E-state index contributed by atoms with van der Waals surface area (Å²) in [7, 11) is 0. The highest BCUT2D eigenvalue weighted by molar-refractivity contribution is 5.94. The van der Waals surface area contributed by atoms with E-state index in [2.05, 4.69) is 17.2 Å². The summed E-state index contributed by atoms with van der Waals surface area (Å²) in [4.78, 5) is 31.1. The first-order valence-electron chi connectivity index (χ1n) is 9.67. The number of nitrogens with zero attached hydrogens (tertiary/aromatic N) is 2. The molecule has 2 amide bonds. The number of carbonyl (C=O) groups excluding carboxylic acids is 2. The van der Waals surface area contributed by atoms with E-state index in [-0.39, 0.29) is 11.8 Å². The predicted molar refractivity (Wildman–Crippen MR) is 105 cm³/mol. The highest BCUT2D eigenvalue weighted by Gasteiger charge is 2.31. The van der Waals surface area contributed by atoms with Crippen LogP contribution >= 0.6 is 0 Å². The van der Waals surface area contributed by atoms with Gasteiger partial charge in [0.2, 0.25) is 5.91 Å². The first kappa shape index (κ1) is 19.1. The van der Waals surface area contributed by atoms with Gasteiger partial charge in [0.1, 0.15) is 0 Å². The van der Waals surface area contributed by atoms with Gasteiger partial charge in [0.05, 0.1) is 0 Å². The van der Waals surface area contributed by atoms with Gasteiger partial charge in [0, 0.05) is 44.0 Å². The van der Waals surface area contributed by atoms with Gasteiger partial charge < -0.3 is 10.2 Å². The highest BCUT2D eigenvalue weighted by Crippen LogP contribution is 2.29. The van der Waals surface area contributed by atoms with Crippen molar-refractivity contribution in [2.75, 3.05) is 13.1 Å². The molecule has 1 saturated heterocycles. The van der Waals surface area contributed by atoms with E-state index in [1.54, 1.807) is 12.4 Å². The molecule has 2 heterocycles. The van der Waals surface area contributed by atoms with Gasteiger partial charge in [-0.3, -0.25) is 14.6 Å². The summed E-state index contributed by atoms with van der Waals surface area (Å²) < 4.78 is 0. The van der Waals surface area contributed by atoms with Gasteiger partial charge in [-0.2, -0.15) is 0 Å². The maximum absolute atomic E-state index is 12.7. The number of rotatable bonds is 6. The van der Waals surface area contributed by atoms with Crippen LogP contribution in [-0.2, 0) is 11.3 Å². The average Bonchev–Trinajstić information content (AvgIpc) is 2.73. The van der Waals surface area contributed by atoms with Gasteiger partial charge >= 0.3 is 0 Å². The summed E-state index contributed by atoms with van der Waals surface area (Å²) in [5, 5.41) is 2.99. The van der Waals surface area contributed by atoms with Crippen LogP contribution in [0.5, 0.6) is 0 Å². The standard InChI is InChI=1S/C22H27N3O2/c1-2-18-16-25(22(27)19-8-4-3-5-9-19)12-10-20(18)13-21(26)24-15-17-7-6-11-23-14-17/h3-9,11,14,18,20H,2,10,12-13,15-16H2,1H3,(H,24,26). The summed E-state index contributed by atoms with van der Waals surface area (Å²) in [5.74, 6) is 0.845. The van der Waals surface area contributed by atoms with Crippen molar-refractivity contribution in [3.63, 3.8) is 0 Å². The van der Waals surface area contributed by atoms with Gasteiger partial charge in [-0.1, -0.05) is 37.6 Å². The SMILES string of the molecule is CCC1CN(C(=O)c2ccccc2)CCC1CC(=O)NCc1cccnc1. The normalized spacial score (nSPS) is 19.5. The molecule has 142 valence electrons. The predicted octanol–water partition coefficient (Wildman–Crippen LogP) is 3.28. The van der Waals surface area contributed by atoms with Gasteiger partial charge in [-0.25, -0.2) is 0 Å². The monoisotopic (exact) mass is 365 g/mol. The van der Waals surface area contributed by atoms with Crippen molar-refractivity contribution >= 4 is 11.8 Å². The quantitative estimate of drug-likeness (QED) is 0.854. The largest absolute Gasteiger partial charge is 0.352 e. The Labute approximate surface area is 160 Å².